The SMILES string of the molecule is COc1c(C)cc(CN(C)Cc2cccc3cccnc23)cc1C. The van der Waals surface area contributed by atoms with E-state index >= 15 is 0 Å². The third-order valence-corrected chi connectivity index (χ3v) is 4.33. The number of rotatable bonds is 5. The predicted octanol–water partition coefficient (Wildman–Crippen LogP) is 4.49. The zero-order chi connectivity index (χ0) is 17.1. The van der Waals surface area contributed by atoms with Gasteiger partial charge in [-0.1, -0.05) is 36.4 Å². The molecule has 0 aliphatic rings. The van der Waals surface area contributed by atoms with E-state index in [1.807, 2.05) is 12.3 Å². The summed E-state index contributed by atoms with van der Waals surface area (Å²) < 4.78 is 5.46. The number of aryl methyl sites for hydroxylation is 2. The van der Waals surface area contributed by atoms with E-state index < -0.39 is 0 Å². The van der Waals surface area contributed by atoms with Crippen molar-refractivity contribution in [3.8, 4) is 5.75 Å². The smallest absolute Gasteiger partial charge is 0.124 e. The monoisotopic (exact) mass is 320 g/mol. The van der Waals surface area contributed by atoms with Crippen molar-refractivity contribution < 1.29 is 4.74 Å². The first-order valence-electron chi connectivity index (χ1n) is 8.24. The number of fused-ring (bicyclic) bond motifs is 1. The number of hydrogen-bond acceptors (Lipinski definition) is 3. The van der Waals surface area contributed by atoms with Gasteiger partial charge in [0.25, 0.3) is 0 Å². The molecule has 0 amide bonds. The van der Waals surface area contributed by atoms with Gasteiger partial charge in [-0.15, -0.1) is 0 Å². The molecule has 0 N–H and O–H groups in total. The maximum atomic E-state index is 5.46. The zero-order valence-electron chi connectivity index (χ0n) is 14.8. The molecule has 0 spiro atoms. The summed E-state index contributed by atoms with van der Waals surface area (Å²) >= 11 is 0. The molecule has 3 rings (SSSR count). The maximum Gasteiger partial charge on any atom is 0.124 e. The number of ether oxygens (including phenoxy) is 1. The molecular weight excluding hydrogens is 296 g/mol. The van der Waals surface area contributed by atoms with E-state index in [2.05, 4.69) is 67.2 Å². The van der Waals surface area contributed by atoms with Gasteiger partial charge in [-0.25, -0.2) is 0 Å². The number of benzene rings is 2. The Bertz CT molecular complexity index is 829. The van der Waals surface area contributed by atoms with E-state index in [0.717, 1.165) is 24.4 Å². The molecule has 3 nitrogen and oxygen atoms in total. The summed E-state index contributed by atoms with van der Waals surface area (Å²) in [7, 11) is 3.88. The van der Waals surface area contributed by atoms with Gasteiger partial charge in [0.2, 0.25) is 0 Å². The molecule has 0 aliphatic heterocycles. The van der Waals surface area contributed by atoms with Crippen LogP contribution in [0.25, 0.3) is 10.9 Å². The number of aromatic nitrogens is 1. The number of hydrogen-bond donors (Lipinski definition) is 0. The lowest BCUT2D eigenvalue weighted by molar-refractivity contribution is 0.319. The van der Waals surface area contributed by atoms with Crippen molar-refractivity contribution in [2.24, 2.45) is 0 Å². The molecule has 0 radical (unpaired) electrons. The Kier molecular flexibility index (Phi) is 4.81. The molecule has 0 saturated carbocycles. The Labute approximate surface area is 143 Å². The van der Waals surface area contributed by atoms with Gasteiger partial charge < -0.3 is 4.74 Å². The molecule has 3 heteroatoms. The first-order valence-corrected chi connectivity index (χ1v) is 8.24. The average molecular weight is 320 g/mol. The van der Waals surface area contributed by atoms with Gasteiger partial charge in [0, 0.05) is 24.7 Å². The van der Waals surface area contributed by atoms with Gasteiger partial charge in [-0.3, -0.25) is 9.88 Å². The molecule has 124 valence electrons. The third-order valence-electron chi connectivity index (χ3n) is 4.33. The highest BCUT2D eigenvalue weighted by Crippen LogP contribution is 2.25. The van der Waals surface area contributed by atoms with Crippen LogP contribution in [0.1, 0.15) is 22.3 Å². The van der Waals surface area contributed by atoms with Crippen LogP contribution in [-0.2, 0) is 13.1 Å². The minimum atomic E-state index is 0.873. The zero-order valence-corrected chi connectivity index (χ0v) is 14.8. The van der Waals surface area contributed by atoms with Crippen molar-refractivity contribution in [1.82, 2.24) is 9.88 Å². The van der Waals surface area contributed by atoms with Crippen molar-refractivity contribution in [2.45, 2.75) is 26.9 Å². The highest BCUT2D eigenvalue weighted by atomic mass is 16.5. The molecule has 1 aromatic heterocycles. The van der Waals surface area contributed by atoms with E-state index in [1.54, 1.807) is 7.11 Å². The molecule has 3 aromatic rings. The second kappa shape index (κ2) is 7.02. The quantitative estimate of drug-likeness (QED) is 0.692. The summed E-state index contributed by atoms with van der Waals surface area (Å²) in [6.45, 7) is 5.97. The lowest BCUT2D eigenvalue weighted by Gasteiger charge is -2.19. The molecule has 1 heterocycles. The average Bonchev–Trinajstić information content (AvgIpc) is 2.55. The Morgan fingerprint density at radius 2 is 1.71 bits per heavy atom. The largest absolute Gasteiger partial charge is 0.496 e. The molecule has 0 saturated heterocycles. The first-order chi connectivity index (χ1) is 11.6. The molecule has 0 bridgehead atoms. The second-order valence-corrected chi connectivity index (χ2v) is 6.43. The van der Waals surface area contributed by atoms with Crippen LogP contribution in [0.3, 0.4) is 0 Å². The Hall–Kier alpha value is -2.39. The van der Waals surface area contributed by atoms with Gasteiger partial charge >= 0.3 is 0 Å². The third kappa shape index (κ3) is 3.41. The summed E-state index contributed by atoms with van der Waals surface area (Å²) in [5.74, 6) is 0.986. The highest BCUT2D eigenvalue weighted by Gasteiger charge is 2.09. The number of para-hydroxylation sites is 1. The minimum Gasteiger partial charge on any atom is -0.496 e. The van der Waals surface area contributed by atoms with Crippen molar-refractivity contribution in [1.29, 1.82) is 0 Å². The van der Waals surface area contributed by atoms with E-state index in [4.69, 9.17) is 4.74 Å². The predicted molar refractivity (Wildman–Crippen MR) is 99.4 cm³/mol. The molecular formula is C21H24N2O. The second-order valence-electron chi connectivity index (χ2n) is 6.43. The van der Waals surface area contributed by atoms with Gasteiger partial charge in [0.15, 0.2) is 0 Å². The summed E-state index contributed by atoms with van der Waals surface area (Å²) in [4.78, 5) is 6.87. The standard InChI is InChI=1S/C21H24N2O/c1-15-11-17(12-16(2)21(15)24-4)13-23(3)14-19-8-5-7-18-9-6-10-22-20(18)19/h5-12H,13-14H2,1-4H3. The van der Waals surface area contributed by atoms with Gasteiger partial charge in [0.05, 0.1) is 12.6 Å². The van der Waals surface area contributed by atoms with Gasteiger partial charge in [-0.05, 0) is 49.2 Å². The normalized spacial score (nSPS) is 11.2. The van der Waals surface area contributed by atoms with E-state index in [9.17, 15) is 0 Å². The van der Waals surface area contributed by atoms with Gasteiger partial charge in [0.1, 0.15) is 5.75 Å². The molecule has 0 atom stereocenters. The Morgan fingerprint density at radius 1 is 1.00 bits per heavy atom. The summed E-state index contributed by atoms with van der Waals surface area (Å²) in [6.07, 6.45) is 1.86. The van der Waals surface area contributed by atoms with Crippen molar-refractivity contribution in [3.63, 3.8) is 0 Å². The van der Waals surface area contributed by atoms with Crippen molar-refractivity contribution >= 4 is 10.9 Å². The topological polar surface area (TPSA) is 25.4 Å². The van der Waals surface area contributed by atoms with Crippen molar-refractivity contribution in [2.75, 3.05) is 14.2 Å². The summed E-state index contributed by atoms with van der Waals surface area (Å²) in [5, 5.41) is 1.19. The van der Waals surface area contributed by atoms with Crippen LogP contribution in [0.5, 0.6) is 5.75 Å². The Balaban J connectivity index is 1.79. The summed E-state index contributed by atoms with van der Waals surface area (Å²) in [5.41, 5.74) is 6.04. The molecule has 24 heavy (non-hydrogen) atoms. The minimum absolute atomic E-state index is 0.873. The fraction of sp³-hybridized carbons (Fsp3) is 0.286. The Morgan fingerprint density at radius 3 is 2.42 bits per heavy atom. The van der Waals surface area contributed by atoms with Crippen LogP contribution in [0.15, 0.2) is 48.7 Å². The van der Waals surface area contributed by atoms with Crippen molar-refractivity contribution in [3.05, 3.63) is 70.9 Å². The van der Waals surface area contributed by atoms with Crippen LogP contribution >= 0.6 is 0 Å². The van der Waals surface area contributed by atoms with Crippen LogP contribution < -0.4 is 4.74 Å². The molecule has 0 fully saturated rings. The van der Waals surface area contributed by atoms with Crippen LogP contribution in [0.4, 0.5) is 0 Å². The lowest BCUT2D eigenvalue weighted by atomic mass is 10.0. The van der Waals surface area contributed by atoms with Crippen LogP contribution in [0.2, 0.25) is 0 Å². The lowest BCUT2D eigenvalue weighted by Crippen LogP contribution is -2.17. The fourth-order valence-electron chi connectivity index (χ4n) is 3.41. The van der Waals surface area contributed by atoms with Crippen LogP contribution in [0, 0.1) is 13.8 Å². The van der Waals surface area contributed by atoms with Gasteiger partial charge in [-0.2, -0.15) is 0 Å². The molecule has 2 aromatic carbocycles. The van der Waals surface area contributed by atoms with E-state index in [0.29, 0.717) is 0 Å². The number of pyridine rings is 1. The first kappa shape index (κ1) is 16.5. The fourth-order valence-corrected chi connectivity index (χ4v) is 3.41. The molecule has 0 aliphatic carbocycles. The highest BCUT2D eigenvalue weighted by molar-refractivity contribution is 5.81. The van der Waals surface area contributed by atoms with Crippen LogP contribution in [-0.4, -0.2) is 24.0 Å². The number of nitrogens with zero attached hydrogens (tertiary/aromatic N) is 2. The number of methoxy groups -OCH3 is 1. The molecule has 0 unspecified atom stereocenters. The summed E-state index contributed by atoms with van der Waals surface area (Å²) in [6, 6.07) is 14.9. The van der Waals surface area contributed by atoms with E-state index in [1.165, 1.54) is 27.6 Å². The van der Waals surface area contributed by atoms with E-state index in [-0.39, 0.29) is 0 Å². The maximum absolute atomic E-state index is 5.46.